The number of Topliss-reactive ketones (excluding diaryl/α,β-unsaturated/α-hetero) is 1. The molecule has 0 fully saturated rings. The third-order valence-corrected chi connectivity index (χ3v) is 3.32. The van der Waals surface area contributed by atoms with Crippen LogP contribution in [0.1, 0.15) is 32.5 Å². The van der Waals surface area contributed by atoms with Crippen molar-refractivity contribution < 1.29 is 4.79 Å². The van der Waals surface area contributed by atoms with Gasteiger partial charge in [-0.25, -0.2) is 0 Å². The molecule has 0 saturated heterocycles. The average Bonchev–Trinajstić information content (AvgIpc) is 2.53. The lowest BCUT2D eigenvalue weighted by molar-refractivity contribution is -0.116. The highest BCUT2D eigenvalue weighted by Gasteiger charge is 2.12. The van der Waals surface area contributed by atoms with Gasteiger partial charge in [0.1, 0.15) is 5.78 Å². The molecule has 3 heteroatoms. The number of benzene rings is 1. The van der Waals surface area contributed by atoms with Crippen LogP contribution in [0.5, 0.6) is 0 Å². The third kappa shape index (κ3) is 2.44. The lowest BCUT2D eigenvalue weighted by Gasteiger charge is -2.13. The van der Waals surface area contributed by atoms with Crippen LogP contribution in [0.4, 0.5) is 0 Å². The van der Waals surface area contributed by atoms with E-state index in [-0.39, 0.29) is 5.78 Å². The first-order valence-corrected chi connectivity index (χ1v) is 6.57. The number of fused-ring (bicyclic) bond motifs is 1. The van der Waals surface area contributed by atoms with Crippen LogP contribution in [0.25, 0.3) is 10.9 Å². The van der Waals surface area contributed by atoms with E-state index in [2.05, 4.69) is 52.5 Å². The van der Waals surface area contributed by atoms with Gasteiger partial charge in [0, 0.05) is 33.5 Å². The average molecular weight is 294 g/mol. The first-order chi connectivity index (χ1) is 7.99. The maximum absolute atomic E-state index is 11.3. The fourth-order valence-electron chi connectivity index (χ4n) is 2.27. The zero-order valence-electron chi connectivity index (χ0n) is 10.3. The summed E-state index contributed by atoms with van der Waals surface area (Å²) < 4.78 is 3.31. The maximum Gasteiger partial charge on any atom is 0.135 e. The summed E-state index contributed by atoms with van der Waals surface area (Å²) in [7, 11) is 0. The van der Waals surface area contributed by atoms with Crippen molar-refractivity contribution in [1.82, 2.24) is 4.57 Å². The molecule has 1 aromatic carbocycles. The highest BCUT2D eigenvalue weighted by atomic mass is 79.9. The Hall–Kier alpha value is -1.09. The Labute approximate surface area is 110 Å². The molecule has 0 aliphatic carbocycles. The normalized spacial score (nSPS) is 11.4. The minimum Gasteiger partial charge on any atom is -0.342 e. The van der Waals surface area contributed by atoms with E-state index in [4.69, 9.17) is 0 Å². The molecule has 0 saturated carbocycles. The predicted molar refractivity (Wildman–Crippen MR) is 74.4 cm³/mol. The molecule has 1 heterocycles. The Balaban J connectivity index is 2.65. The van der Waals surface area contributed by atoms with Gasteiger partial charge in [-0.15, -0.1) is 0 Å². The Morgan fingerprint density at radius 1 is 1.35 bits per heavy atom. The molecule has 0 amide bonds. The predicted octanol–water partition coefficient (Wildman–Crippen LogP) is 4.12. The summed E-state index contributed by atoms with van der Waals surface area (Å²) >= 11 is 3.48. The molecule has 0 aliphatic rings. The first-order valence-electron chi connectivity index (χ1n) is 5.78. The summed E-state index contributed by atoms with van der Waals surface area (Å²) in [6, 6.07) is 8.71. The summed E-state index contributed by atoms with van der Waals surface area (Å²) in [5, 5.41) is 1.18. The van der Waals surface area contributed by atoms with Crippen LogP contribution >= 0.6 is 15.9 Å². The largest absolute Gasteiger partial charge is 0.342 e. The Kier molecular flexibility index (Phi) is 3.38. The van der Waals surface area contributed by atoms with Gasteiger partial charge < -0.3 is 4.57 Å². The minimum absolute atomic E-state index is 0.203. The molecule has 2 rings (SSSR count). The molecule has 2 nitrogen and oxygen atoms in total. The van der Waals surface area contributed by atoms with Gasteiger partial charge in [-0.1, -0.05) is 15.9 Å². The number of carbonyl (C=O) groups excluding carboxylic acids is 1. The van der Waals surface area contributed by atoms with Crippen LogP contribution in [0, 0.1) is 0 Å². The number of aromatic nitrogens is 1. The molecule has 0 unspecified atom stereocenters. The van der Waals surface area contributed by atoms with E-state index in [9.17, 15) is 4.79 Å². The molecule has 0 atom stereocenters. The van der Waals surface area contributed by atoms with E-state index in [1.165, 1.54) is 10.9 Å². The number of halogens is 1. The van der Waals surface area contributed by atoms with Crippen LogP contribution in [0.15, 0.2) is 28.7 Å². The van der Waals surface area contributed by atoms with E-state index in [1.54, 1.807) is 6.92 Å². The lowest BCUT2D eigenvalue weighted by Crippen LogP contribution is -2.08. The van der Waals surface area contributed by atoms with Crippen LogP contribution in [-0.4, -0.2) is 10.4 Å². The molecular formula is C14H16BrNO. The number of ketones is 1. The molecular weight excluding hydrogens is 278 g/mol. The molecule has 17 heavy (non-hydrogen) atoms. The third-order valence-electron chi connectivity index (χ3n) is 2.83. The zero-order chi connectivity index (χ0) is 12.6. The molecule has 0 spiro atoms. The van der Waals surface area contributed by atoms with Crippen molar-refractivity contribution in [3.63, 3.8) is 0 Å². The van der Waals surface area contributed by atoms with Gasteiger partial charge in [-0.05, 0) is 45.0 Å². The Bertz CT molecular complexity index is 569. The van der Waals surface area contributed by atoms with Crippen molar-refractivity contribution in [2.24, 2.45) is 0 Å². The molecule has 0 aliphatic heterocycles. The molecule has 90 valence electrons. The Morgan fingerprint density at radius 3 is 2.65 bits per heavy atom. The van der Waals surface area contributed by atoms with Gasteiger partial charge in [-0.2, -0.15) is 0 Å². The summed E-state index contributed by atoms with van der Waals surface area (Å²) in [5.74, 6) is 0.203. The molecule has 0 bridgehead atoms. The first kappa shape index (κ1) is 12.4. The van der Waals surface area contributed by atoms with Gasteiger partial charge >= 0.3 is 0 Å². The Morgan fingerprint density at radius 2 is 2.06 bits per heavy atom. The second-order valence-electron chi connectivity index (χ2n) is 4.68. The highest BCUT2D eigenvalue weighted by molar-refractivity contribution is 9.10. The molecule has 0 N–H and O–H groups in total. The molecule has 0 radical (unpaired) electrons. The number of rotatable bonds is 3. The smallest absolute Gasteiger partial charge is 0.135 e. The van der Waals surface area contributed by atoms with Crippen LogP contribution in [0.3, 0.4) is 0 Å². The van der Waals surface area contributed by atoms with Crippen LogP contribution in [-0.2, 0) is 11.2 Å². The van der Waals surface area contributed by atoms with E-state index in [0.29, 0.717) is 12.5 Å². The number of hydrogen-bond donors (Lipinski definition) is 0. The summed E-state index contributed by atoms with van der Waals surface area (Å²) in [4.78, 5) is 11.3. The van der Waals surface area contributed by atoms with Crippen LogP contribution in [0.2, 0.25) is 0 Å². The van der Waals surface area contributed by atoms with Crippen LogP contribution < -0.4 is 0 Å². The van der Waals surface area contributed by atoms with Crippen molar-refractivity contribution in [3.05, 3.63) is 34.4 Å². The van der Waals surface area contributed by atoms with E-state index in [1.807, 2.05) is 6.07 Å². The van der Waals surface area contributed by atoms with Gasteiger partial charge in [0.15, 0.2) is 0 Å². The molecule has 1 aromatic heterocycles. The SMILES string of the molecule is CC(=O)Cc1cc2cc(Br)ccc2n1C(C)C. The zero-order valence-corrected chi connectivity index (χ0v) is 11.9. The van der Waals surface area contributed by atoms with Crippen molar-refractivity contribution >= 4 is 32.6 Å². The fraction of sp³-hybridized carbons (Fsp3) is 0.357. The van der Waals surface area contributed by atoms with Crippen molar-refractivity contribution in [1.29, 1.82) is 0 Å². The number of carbonyl (C=O) groups is 1. The van der Waals surface area contributed by atoms with E-state index < -0.39 is 0 Å². The monoisotopic (exact) mass is 293 g/mol. The summed E-state index contributed by atoms with van der Waals surface area (Å²) in [5.41, 5.74) is 2.29. The van der Waals surface area contributed by atoms with Gasteiger partial charge in [0.05, 0.1) is 0 Å². The van der Waals surface area contributed by atoms with E-state index in [0.717, 1.165) is 10.2 Å². The van der Waals surface area contributed by atoms with Gasteiger partial charge in [0.2, 0.25) is 0 Å². The molecule has 2 aromatic rings. The summed E-state index contributed by atoms with van der Waals surface area (Å²) in [6.45, 7) is 5.93. The van der Waals surface area contributed by atoms with Gasteiger partial charge in [0.25, 0.3) is 0 Å². The van der Waals surface area contributed by atoms with E-state index >= 15 is 0 Å². The summed E-state index contributed by atoms with van der Waals surface area (Å²) in [6.07, 6.45) is 0.504. The standard InChI is InChI=1S/C14H16BrNO/c1-9(2)16-13(6-10(3)17)8-11-7-12(15)4-5-14(11)16/h4-5,7-9H,6H2,1-3H3. The number of nitrogens with zero attached hydrogens (tertiary/aromatic N) is 1. The fourth-order valence-corrected chi connectivity index (χ4v) is 2.64. The lowest BCUT2D eigenvalue weighted by atomic mass is 10.2. The maximum atomic E-state index is 11.3. The highest BCUT2D eigenvalue weighted by Crippen LogP contribution is 2.27. The van der Waals surface area contributed by atoms with Crippen molar-refractivity contribution in [3.8, 4) is 0 Å². The number of hydrogen-bond acceptors (Lipinski definition) is 1. The van der Waals surface area contributed by atoms with Crippen molar-refractivity contribution in [2.75, 3.05) is 0 Å². The minimum atomic E-state index is 0.203. The van der Waals surface area contributed by atoms with Crippen molar-refractivity contribution in [2.45, 2.75) is 33.2 Å². The quantitative estimate of drug-likeness (QED) is 0.834. The topological polar surface area (TPSA) is 22.0 Å². The second kappa shape index (κ2) is 4.65. The second-order valence-corrected chi connectivity index (χ2v) is 5.60. The van der Waals surface area contributed by atoms with Gasteiger partial charge in [-0.3, -0.25) is 4.79 Å².